The topological polar surface area (TPSA) is 117 Å². The van der Waals surface area contributed by atoms with Crippen LogP contribution in [-0.2, 0) is 16.0 Å². The number of amides is 1. The average molecular weight is 291 g/mol. The molecule has 1 atom stereocenters. The molecule has 0 saturated carbocycles. The maximum Gasteiger partial charge on any atom is 0.333 e. The number of carboxylic acids is 1. The van der Waals surface area contributed by atoms with Gasteiger partial charge in [-0.2, -0.15) is 0 Å². The number of carbonyl (C=O) groups excluding carboxylic acids is 1. The molecule has 0 radical (unpaired) electrons. The number of nitrogens with zero attached hydrogens (tertiary/aromatic N) is 2. The van der Waals surface area contributed by atoms with Gasteiger partial charge in [-0.05, 0) is 16.6 Å². The molecule has 0 aliphatic rings. The van der Waals surface area contributed by atoms with Crippen LogP contribution in [0.1, 0.15) is 12.5 Å². The zero-order valence-electron chi connectivity index (χ0n) is 11.1. The van der Waals surface area contributed by atoms with Gasteiger partial charge in [-0.3, -0.25) is 4.79 Å². The highest BCUT2D eigenvalue weighted by atomic mass is 16.7. The molecule has 0 fully saturated rings. The predicted octanol–water partition coefficient (Wildman–Crippen LogP) is 1.20. The second-order valence-corrected chi connectivity index (χ2v) is 4.52. The second kappa shape index (κ2) is 5.61. The van der Waals surface area contributed by atoms with E-state index >= 15 is 0 Å². The van der Waals surface area contributed by atoms with Crippen LogP contribution in [0.2, 0.25) is 0 Å². The average Bonchev–Trinajstić information content (AvgIpc) is 2.80. The first-order chi connectivity index (χ1) is 9.91. The highest BCUT2D eigenvalue weighted by Crippen LogP contribution is 2.20. The van der Waals surface area contributed by atoms with Crippen LogP contribution in [0.5, 0.6) is 0 Å². The van der Waals surface area contributed by atoms with Crippen molar-refractivity contribution in [1.29, 1.82) is 0 Å². The molecule has 1 heterocycles. The van der Waals surface area contributed by atoms with Gasteiger partial charge in [-0.15, -0.1) is 0 Å². The summed E-state index contributed by atoms with van der Waals surface area (Å²) in [7, 11) is 0. The molecule has 2 rings (SSSR count). The van der Waals surface area contributed by atoms with E-state index in [1.54, 1.807) is 18.3 Å². The summed E-state index contributed by atoms with van der Waals surface area (Å²) in [5, 5.41) is 20.0. The number of aliphatic carboxylic acids is 1. The summed E-state index contributed by atoms with van der Waals surface area (Å²) in [6.45, 7) is 0.966. The molecule has 0 aliphatic heterocycles. The van der Waals surface area contributed by atoms with Crippen molar-refractivity contribution >= 4 is 22.8 Å². The third-order valence-corrected chi connectivity index (χ3v) is 3.17. The number of carbonyl (C=O) groups is 2. The molecule has 1 amide bonds. The number of rotatable bonds is 5. The number of aromatic nitrogens is 1. The lowest BCUT2D eigenvalue weighted by Gasteiger charge is -2.17. The van der Waals surface area contributed by atoms with Gasteiger partial charge in [-0.1, -0.05) is 18.2 Å². The van der Waals surface area contributed by atoms with Gasteiger partial charge in [0.15, 0.2) is 11.1 Å². The van der Waals surface area contributed by atoms with Crippen molar-refractivity contribution in [3.63, 3.8) is 0 Å². The summed E-state index contributed by atoms with van der Waals surface area (Å²) in [6, 6.07) is 5.63. The molecule has 0 unspecified atom stereocenters. The molecule has 0 saturated heterocycles. The summed E-state index contributed by atoms with van der Waals surface area (Å²) in [5.41, 5.74) is 1.40. The van der Waals surface area contributed by atoms with Crippen LogP contribution in [0, 0.1) is 10.1 Å². The van der Waals surface area contributed by atoms with Crippen LogP contribution in [0.15, 0.2) is 30.5 Å². The third kappa shape index (κ3) is 2.83. The molecular weight excluding hydrogens is 278 g/mol. The van der Waals surface area contributed by atoms with Crippen molar-refractivity contribution in [2.45, 2.75) is 19.4 Å². The summed E-state index contributed by atoms with van der Waals surface area (Å²) in [6.07, 6.45) is 1.44. The van der Waals surface area contributed by atoms with Gasteiger partial charge in [0.2, 0.25) is 0 Å². The lowest BCUT2D eigenvalue weighted by atomic mass is 10.0. The van der Waals surface area contributed by atoms with Crippen molar-refractivity contribution < 1.29 is 19.7 Å². The van der Waals surface area contributed by atoms with Gasteiger partial charge in [0.1, 0.15) is 0 Å². The maximum absolute atomic E-state index is 11.3. The van der Waals surface area contributed by atoms with Crippen LogP contribution in [0.4, 0.5) is 0 Å². The van der Waals surface area contributed by atoms with Crippen LogP contribution >= 0.6 is 0 Å². The molecule has 110 valence electrons. The van der Waals surface area contributed by atoms with E-state index in [2.05, 4.69) is 4.98 Å². The Morgan fingerprint density at radius 3 is 2.67 bits per heavy atom. The molecule has 21 heavy (non-hydrogen) atoms. The number of fused-ring (bicyclic) bond motifs is 1. The molecule has 1 aromatic carbocycles. The first-order valence-corrected chi connectivity index (χ1v) is 6.13. The number of H-pyrrole nitrogens is 1. The van der Waals surface area contributed by atoms with Crippen molar-refractivity contribution in [3.05, 3.63) is 46.1 Å². The zero-order chi connectivity index (χ0) is 15.6. The fraction of sp³-hybridized carbons (Fsp3) is 0.231. The van der Waals surface area contributed by atoms with E-state index in [0.717, 1.165) is 17.8 Å². The normalized spacial score (nSPS) is 12.0. The number of para-hydroxylation sites is 1. The monoisotopic (exact) mass is 291 g/mol. The first kappa shape index (κ1) is 14.5. The minimum absolute atomic E-state index is 0.143. The highest BCUT2D eigenvalue weighted by Gasteiger charge is 2.37. The number of hydrogen-bond acceptors (Lipinski definition) is 4. The largest absolute Gasteiger partial charge is 0.480 e. The van der Waals surface area contributed by atoms with Crippen molar-refractivity contribution in [2.75, 3.05) is 0 Å². The Kier molecular flexibility index (Phi) is 3.88. The van der Waals surface area contributed by atoms with E-state index in [9.17, 15) is 24.8 Å². The summed E-state index contributed by atoms with van der Waals surface area (Å²) in [5.74, 6) is -2.35. The minimum Gasteiger partial charge on any atom is -0.480 e. The highest BCUT2D eigenvalue weighted by molar-refractivity contribution is 5.85. The van der Waals surface area contributed by atoms with Crippen molar-refractivity contribution in [2.24, 2.45) is 0 Å². The van der Waals surface area contributed by atoms with E-state index in [1.165, 1.54) is 0 Å². The molecule has 2 N–H and O–H groups in total. The van der Waals surface area contributed by atoms with E-state index in [4.69, 9.17) is 0 Å². The Hall–Kier alpha value is -2.90. The number of hydrazine groups is 1. The van der Waals surface area contributed by atoms with Gasteiger partial charge in [0.25, 0.3) is 5.91 Å². The molecule has 0 spiro atoms. The molecule has 0 aliphatic carbocycles. The SMILES string of the molecule is CC(=O)N([C@@H](Cc1c[nH]c2ccccc12)C(=O)O)[N+](=O)[O-]. The van der Waals surface area contributed by atoms with Crippen LogP contribution in [0.25, 0.3) is 10.9 Å². The number of carboxylic acid groups (broad SMARTS) is 1. The molecule has 8 heteroatoms. The maximum atomic E-state index is 11.3. The Bertz CT molecular complexity index is 695. The fourth-order valence-electron chi connectivity index (χ4n) is 2.24. The number of nitro groups is 1. The molecule has 2 aromatic rings. The summed E-state index contributed by atoms with van der Waals surface area (Å²) < 4.78 is 0. The quantitative estimate of drug-likeness (QED) is 0.634. The van der Waals surface area contributed by atoms with Crippen LogP contribution < -0.4 is 0 Å². The summed E-state index contributed by atoms with van der Waals surface area (Å²) >= 11 is 0. The smallest absolute Gasteiger partial charge is 0.333 e. The molecule has 1 aromatic heterocycles. The Labute approximate surface area is 119 Å². The minimum atomic E-state index is -1.56. The Morgan fingerprint density at radius 1 is 1.43 bits per heavy atom. The van der Waals surface area contributed by atoms with Gasteiger partial charge in [0.05, 0.1) is 0 Å². The predicted molar refractivity (Wildman–Crippen MR) is 72.9 cm³/mol. The number of benzene rings is 1. The Morgan fingerprint density at radius 2 is 2.10 bits per heavy atom. The second-order valence-electron chi connectivity index (χ2n) is 4.52. The lowest BCUT2D eigenvalue weighted by molar-refractivity contribution is -0.640. The number of nitrogens with one attached hydrogen (secondary N) is 1. The standard InChI is InChI=1S/C13H13N3O5/c1-8(17)15(16(20)21)12(13(18)19)6-9-7-14-11-5-3-2-4-10(9)11/h2-5,7,12,14H,6H2,1H3,(H,18,19)/t12-/m0/s1. The van der Waals surface area contributed by atoms with Gasteiger partial charge < -0.3 is 10.1 Å². The van der Waals surface area contributed by atoms with Crippen molar-refractivity contribution in [1.82, 2.24) is 9.99 Å². The van der Waals surface area contributed by atoms with Crippen LogP contribution in [0.3, 0.4) is 0 Å². The molecule has 0 bridgehead atoms. The van der Waals surface area contributed by atoms with Gasteiger partial charge >= 0.3 is 5.97 Å². The fourth-order valence-corrected chi connectivity index (χ4v) is 2.24. The first-order valence-electron chi connectivity index (χ1n) is 6.13. The summed E-state index contributed by atoms with van der Waals surface area (Å²) in [4.78, 5) is 36.5. The van der Waals surface area contributed by atoms with Crippen molar-refractivity contribution in [3.8, 4) is 0 Å². The lowest BCUT2D eigenvalue weighted by Crippen LogP contribution is -2.48. The number of aromatic amines is 1. The molecule has 8 nitrogen and oxygen atoms in total. The van der Waals surface area contributed by atoms with E-state index in [-0.39, 0.29) is 11.4 Å². The van der Waals surface area contributed by atoms with E-state index in [1.807, 2.05) is 12.1 Å². The third-order valence-electron chi connectivity index (χ3n) is 3.17. The molecular formula is C13H13N3O5. The van der Waals surface area contributed by atoms with Crippen LogP contribution in [-0.4, -0.2) is 38.1 Å². The van der Waals surface area contributed by atoms with Gasteiger partial charge in [-0.25, -0.2) is 14.9 Å². The zero-order valence-corrected chi connectivity index (χ0v) is 11.1. The number of hydrogen-bond donors (Lipinski definition) is 2. The Balaban J connectivity index is 2.38. The van der Waals surface area contributed by atoms with Gasteiger partial charge in [0, 0.05) is 30.4 Å². The van der Waals surface area contributed by atoms with E-state index in [0.29, 0.717) is 5.56 Å². The van der Waals surface area contributed by atoms with E-state index < -0.39 is 23.0 Å².